The van der Waals surface area contributed by atoms with Crippen molar-refractivity contribution in [3.05, 3.63) is 0 Å². The Morgan fingerprint density at radius 2 is 2.00 bits per heavy atom. The molecule has 0 amide bonds. The molecule has 0 heterocycles. The van der Waals surface area contributed by atoms with Gasteiger partial charge in [-0.2, -0.15) is 0 Å². The van der Waals surface area contributed by atoms with Gasteiger partial charge in [0, 0.05) is 19.1 Å². The second kappa shape index (κ2) is 4.20. The minimum atomic E-state index is -2.99. The van der Waals surface area contributed by atoms with Gasteiger partial charge in [-0.3, -0.25) is 0 Å². The van der Waals surface area contributed by atoms with E-state index in [4.69, 9.17) is 0 Å². The van der Waals surface area contributed by atoms with Crippen LogP contribution in [0.3, 0.4) is 0 Å². The lowest BCUT2D eigenvalue weighted by Gasteiger charge is -2.04. The molecule has 4 nitrogen and oxygen atoms in total. The Morgan fingerprint density at radius 1 is 1.33 bits per heavy atom. The zero-order valence-corrected chi connectivity index (χ0v) is 8.15. The summed E-state index contributed by atoms with van der Waals surface area (Å²) in [5.41, 5.74) is 0. The summed E-state index contributed by atoms with van der Waals surface area (Å²) in [7, 11) is -2.99. The smallest absolute Gasteiger partial charge is 0.211 e. The van der Waals surface area contributed by atoms with Crippen molar-refractivity contribution in [1.82, 2.24) is 10.0 Å². The Balaban J connectivity index is 2.00. The Kier molecular flexibility index (Phi) is 3.49. The van der Waals surface area contributed by atoms with Crippen LogP contribution in [0.5, 0.6) is 0 Å². The summed E-state index contributed by atoms with van der Waals surface area (Å²) in [6.45, 7) is 2.88. The van der Waals surface area contributed by atoms with E-state index in [1.807, 2.05) is 0 Å². The zero-order valence-electron chi connectivity index (χ0n) is 7.34. The van der Waals surface area contributed by atoms with Crippen molar-refractivity contribution in [2.45, 2.75) is 25.8 Å². The van der Waals surface area contributed by atoms with Crippen LogP contribution in [-0.2, 0) is 10.0 Å². The van der Waals surface area contributed by atoms with E-state index in [1.165, 1.54) is 12.8 Å². The van der Waals surface area contributed by atoms with Gasteiger partial charge in [0.25, 0.3) is 0 Å². The lowest BCUT2D eigenvalue weighted by Crippen LogP contribution is -2.33. The molecule has 12 heavy (non-hydrogen) atoms. The molecule has 0 radical (unpaired) electrons. The first-order valence-corrected chi connectivity index (χ1v) is 6.00. The summed E-state index contributed by atoms with van der Waals surface area (Å²) in [6.07, 6.45) is 2.47. The van der Waals surface area contributed by atoms with Gasteiger partial charge in [-0.25, -0.2) is 13.1 Å². The fourth-order valence-corrected chi connectivity index (χ4v) is 1.49. The molecular formula is C7H16N2O2S. The minimum absolute atomic E-state index is 0.163. The number of nitrogens with one attached hydrogen (secondary N) is 2. The number of hydrogen-bond acceptors (Lipinski definition) is 3. The molecule has 1 rings (SSSR count). The summed E-state index contributed by atoms with van der Waals surface area (Å²) in [5.74, 6) is 0.163. The molecule has 0 bridgehead atoms. The summed E-state index contributed by atoms with van der Waals surface area (Å²) in [5, 5.41) is 3.23. The van der Waals surface area contributed by atoms with Crippen LogP contribution in [0.4, 0.5) is 0 Å². The van der Waals surface area contributed by atoms with Gasteiger partial charge in [0.05, 0.1) is 5.75 Å². The van der Waals surface area contributed by atoms with Crippen LogP contribution in [0.2, 0.25) is 0 Å². The zero-order chi connectivity index (χ0) is 9.03. The molecule has 0 spiro atoms. The first-order chi connectivity index (χ1) is 5.64. The largest absolute Gasteiger partial charge is 0.313 e. The topological polar surface area (TPSA) is 58.2 Å². The van der Waals surface area contributed by atoms with E-state index in [0.717, 1.165) is 6.54 Å². The van der Waals surface area contributed by atoms with Crippen LogP contribution >= 0.6 is 0 Å². The standard InChI is InChI=1S/C7H16N2O2S/c1-2-12(10,11)9-6-5-8-7-3-4-7/h7-9H,2-6H2,1H3. The van der Waals surface area contributed by atoms with Crippen LogP contribution in [-0.4, -0.2) is 33.3 Å². The van der Waals surface area contributed by atoms with E-state index >= 15 is 0 Å². The third-order valence-electron chi connectivity index (χ3n) is 1.84. The average Bonchev–Trinajstić information content (AvgIpc) is 2.82. The summed E-state index contributed by atoms with van der Waals surface area (Å²) in [6, 6.07) is 0.649. The molecule has 0 aliphatic heterocycles. The molecule has 0 aromatic heterocycles. The van der Waals surface area contributed by atoms with E-state index < -0.39 is 10.0 Å². The maximum Gasteiger partial charge on any atom is 0.211 e. The van der Waals surface area contributed by atoms with E-state index in [2.05, 4.69) is 10.0 Å². The third-order valence-corrected chi connectivity index (χ3v) is 3.24. The molecule has 0 atom stereocenters. The molecular weight excluding hydrogens is 176 g/mol. The quantitative estimate of drug-likeness (QED) is 0.567. The van der Waals surface area contributed by atoms with Crippen LogP contribution in [0.15, 0.2) is 0 Å². The van der Waals surface area contributed by atoms with Gasteiger partial charge in [-0.1, -0.05) is 0 Å². The summed E-state index contributed by atoms with van der Waals surface area (Å²) < 4.78 is 24.3. The van der Waals surface area contributed by atoms with E-state index in [9.17, 15) is 8.42 Å². The predicted octanol–water partition coefficient (Wildman–Crippen LogP) is -0.322. The summed E-state index contributed by atoms with van der Waals surface area (Å²) >= 11 is 0. The van der Waals surface area contributed by atoms with E-state index in [1.54, 1.807) is 6.92 Å². The second-order valence-corrected chi connectivity index (χ2v) is 5.12. The van der Waals surface area contributed by atoms with Crippen molar-refractivity contribution >= 4 is 10.0 Å². The fraction of sp³-hybridized carbons (Fsp3) is 1.00. The predicted molar refractivity (Wildman–Crippen MR) is 48.5 cm³/mol. The highest BCUT2D eigenvalue weighted by Crippen LogP contribution is 2.17. The van der Waals surface area contributed by atoms with Crippen molar-refractivity contribution < 1.29 is 8.42 Å². The van der Waals surface area contributed by atoms with Crippen molar-refractivity contribution in [3.63, 3.8) is 0 Å². The van der Waals surface area contributed by atoms with Crippen molar-refractivity contribution in [1.29, 1.82) is 0 Å². The molecule has 1 aliphatic carbocycles. The number of rotatable bonds is 6. The molecule has 0 aromatic carbocycles. The van der Waals surface area contributed by atoms with E-state index in [-0.39, 0.29) is 5.75 Å². The SMILES string of the molecule is CCS(=O)(=O)NCCNC1CC1. The maximum absolute atomic E-state index is 10.9. The third kappa shape index (κ3) is 4.04. The van der Waals surface area contributed by atoms with Crippen LogP contribution in [0.25, 0.3) is 0 Å². The number of hydrogen-bond donors (Lipinski definition) is 2. The molecule has 0 aromatic rings. The lowest BCUT2D eigenvalue weighted by molar-refractivity contribution is 0.576. The first-order valence-electron chi connectivity index (χ1n) is 4.35. The van der Waals surface area contributed by atoms with Crippen molar-refractivity contribution in [2.75, 3.05) is 18.8 Å². The van der Waals surface area contributed by atoms with E-state index in [0.29, 0.717) is 12.6 Å². The normalized spacial score (nSPS) is 18.1. The number of sulfonamides is 1. The first kappa shape index (κ1) is 9.95. The summed E-state index contributed by atoms with van der Waals surface area (Å²) in [4.78, 5) is 0. The molecule has 5 heteroatoms. The van der Waals surface area contributed by atoms with Crippen molar-refractivity contribution in [3.8, 4) is 0 Å². The molecule has 2 N–H and O–H groups in total. The van der Waals surface area contributed by atoms with Crippen molar-refractivity contribution in [2.24, 2.45) is 0 Å². The van der Waals surface area contributed by atoms with Gasteiger partial charge in [0.2, 0.25) is 10.0 Å². The monoisotopic (exact) mass is 192 g/mol. The molecule has 0 unspecified atom stereocenters. The van der Waals surface area contributed by atoms with Gasteiger partial charge < -0.3 is 5.32 Å². The Labute approximate surface area is 73.8 Å². The molecule has 72 valence electrons. The van der Waals surface area contributed by atoms with Gasteiger partial charge in [0.1, 0.15) is 0 Å². The highest BCUT2D eigenvalue weighted by molar-refractivity contribution is 7.89. The Bertz CT molecular complexity index is 222. The van der Waals surface area contributed by atoms with Gasteiger partial charge in [-0.15, -0.1) is 0 Å². The maximum atomic E-state index is 10.9. The highest BCUT2D eigenvalue weighted by atomic mass is 32.2. The van der Waals surface area contributed by atoms with Gasteiger partial charge >= 0.3 is 0 Å². The minimum Gasteiger partial charge on any atom is -0.313 e. The fourth-order valence-electron chi connectivity index (χ4n) is 0.872. The molecule has 1 fully saturated rings. The molecule has 0 saturated heterocycles. The second-order valence-electron chi connectivity index (χ2n) is 3.03. The Hall–Kier alpha value is -0.130. The lowest BCUT2D eigenvalue weighted by atomic mass is 10.6. The molecule has 1 saturated carbocycles. The Morgan fingerprint density at radius 3 is 2.50 bits per heavy atom. The van der Waals surface area contributed by atoms with Crippen LogP contribution in [0, 0.1) is 0 Å². The van der Waals surface area contributed by atoms with Crippen LogP contribution < -0.4 is 10.0 Å². The van der Waals surface area contributed by atoms with Crippen LogP contribution in [0.1, 0.15) is 19.8 Å². The average molecular weight is 192 g/mol. The molecule has 1 aliphatic rings. The van der Waals surface area contributed by atoms with Gasteiger partial charge in [0.15, 0.2) is 0 Å². The van der Waals surface area contributed by atoms with Gasteiger partial charge in [-0.05, 0) is 19.8 Å². The highest BCUT2D eigenvalue weighted by Gasteiger charge is 2.19.